The van der Waals surface area contributed by atoms with Gasteiger partial charge in [0.15, 0.2) is 0 Å². The van der Waals surface area contributed by atoms with E-state index in [1.807, 2.05) is 4.90 Å². The van der Waals surface area contributed by atoms with Gasteiger partial charge in [0.1, 0.15) is 0 Å². The smallest absolute Gasteiger partial charge is 0.236 e. The van der Waals surface area contributed by atoms with Gasteiger partial charge in [0.25, 0.3) is 0 Å². The molecule has 1 N–H and O–H groups in total. The number of nitrogens with one attached hydrogen (secondary N) is 1. The Kier molecular flexibility index (Phi) is 5.60. The monoisotopic (exact) mass is 268 g/mol. The molecule has 2 aliphatic heterocycles. The second-order valence-electron chi connectivity index (χ2n) is 5.97. The van der Waals surface area contributed by atoms with Crippen LogP contribution in [0.15, 0.2) is 0 Å². The lowest BCUT2D eigenvalue weighted by Gasteiger charge is -2.38. The first kappa shape index (κ1) is 14.8. The van der Waals surface area contributed by atoms with Gasteiger partial charge in [-0.15, -0.1) is 0 Å². The average Bonchev–Trinajstić information content (AvgIpc) is 2.43. The SMILES string of the molecule is CN1CCN(C)C(CNCC(=O)N2CCCCC2)C1. The molecule has 1 unspecified atom stereocenters. The number of hydrogen-bond acceptors (Lipinski definition) is 4. The molecular formula is C14H28N4O. The minimum absolute atomic E-state index is 0.270. The zero-order chi connectivity index (χ0) is 13.7. The molecule has 0 saturated carbocycles. The van der Waals surface area contributed by atoms with Crippen LogP contribution in [0.25, 0.3) is 0 Å². The van der Waals surface area contributed by atoms with E-state index in [1.165, 1.54) is 19.3 Å². The number of rotatable bonds is 4. The second kappa shape index (κ2) is 7.22. The average molecular weight is 268 g/mol. The molecule has 0 spiro atoms. The van der Waals surface area contributed by atoms with Crippen LogP contribution in [-0.2, 0) is 4.79 Å². The Balaban J connectivity index is 1.66. The first-order valence-electron chi connectivity index (χ1n) is 7.54. The zero-order valence-corrected chi connectivity index (χ0v) is 12.4. The van der Waals surface area contributed by atoms with Gasteiger partial charge in [-0.3, -0.25) is 9.69 Å². The third-order valence-corrected chi connectivity index (χ3v) is 4.35. The van der Waals surface area contributed by atoms with Crippen molar-refractivity contribution in [1.82, 2.24) is 20.0 Å². The van der Waals surface area contributed by atoms with Gasteiger partial charge in [-0.05, 0) is 33.4 Å². The number of carbonyl (C=O) groups excluding carboxylic acids is 1. The van der Waals surface area contributed by atoms with Crippen molar-refractivity contribution in [2.24, 2.45) is 0 Å². The third kappa shape index (κ3) is 4.44. The van der Waals surface area contributed by atoms with E-state index in [9.17, 15) is 4.79 Å². The number of amides is 1. The van der Waals surface area contributed by atoms with Gasteiger partial charge in [-0.25, -0.2) is 0 Å². The van der Waals surface area contributed by atoms with Gasteiger partial charge in [0.2, 0.25) is 5.91 Å². The summed E-state index contributed by atoms with van der Waals surface area (Å²) in [6.07, 6.45) is 3.61. The van der Waals surface area contributed by atoms with Gasteiger partial charge < -0.3 is 15.1 Å². The first-order chi connectivity index (χ1) is 9.16. The molecule has 19 heavy (non-hydrogen) atoms. The second-order valence-corrected chi connectivity index (χ2v) is 5.97. The molecule has 0 aromatic heterocycles. The van der Waals surface area contributed by atoms with Crippen molar-refractivity contribution in [2.45, 2.75) is 25.3 Å². The van der Waals surface area contributed by atoms with E-state index in [1.54, 1.807) is 0 Å². The quantitative estimate of drug-likeness (QED) is 0.769. The van der Waals surface area contributed by atoms with Crippen LogP contribution >= 0.6 is 0 Å². The lowest BCUT2D eigenvalue weighted by atomic mass is 10.1. The van der Waals surface area contributed by atoms with E-state index >= 15 is 0 Å². The highest BCUT2D eigenvalue weighted by Crippen LogP contribution is 2.08. The van der Waals surface area contributed by atoms with E-state index < -0.39 is 0 Å². The maximum atomic E-state index is 12.0. The molecule has 2 fully saturated rings. The third-order valence-electron chi connectivity index (χ3n) is 4.35. The fraction of sp³-hybridized carbons (Fsp3) is 0.929. The van der Waals surface area contributed by atoms with Crippen LogP contribution in [0.5, 0.6) is 0 Å². The summed E-state index contributed by atoms with van der Waals surface area (Å²) in [5.41, 5.74) is 0. The molecule has 0 aliphatic carbocycles. The fourth-order valence-corrected chi connectivity index (χ4v) is 2.92. The van der Waals surface area contributed by atoms with Crippen LogP contribution in [0.2, 0.25) is 0 Å². The number of piperidine rings is 1. The van der Waals surface area contributed by atoms with Crippen molar-refractivity contribution in [1.29, 1.82) is 0 Å². The molecule has 1 amide bonds. The minimum atomic E-state index is 0.270. The Morgan fingerprint density at radius 2 is 1.84 bits per heavy atom. The van der Waals surface area contributed by atoms with E-state index in [4.69, 9.17) is 0 Å². The number of piperazine rings is 1. The molecule has 0 aromatic rings. The van der Waals surface area contributed by atoms with Crippen LogP contribution in [0.3, 0.4) is 0 Å². The maximum absolute atomic E-state index is 12.0. The number of likely N-dealkylation sites (N-methyl/N-ethyl adjacent to an activating group) is 2. The zero-order valence-electron chi connectivity index (χ0n) is 12.4. The molecule has 2 rings (SSSR count). The molecule has 0 bridgehead atoms. The first-order valence-corrected chi connectivity index (χ1v) is 7.54. The van der Waals surface area contributed by atoms with Gasteiger partial charge in [-0.1, -0.05) is 0 Å². The van der Waals surface area contributed by atoms with Crippen LogP contribution in [-0.4, -0.2) is 86.6 Å². The molecule has 2 heterocycles. The number of likely N-dealkylation sites (tertiary alicyclic amines) is 1. The summed E-state index contributed by atoms with van der Waals surface area (Å²) in [4.78, 5) is 18.8. The lowest BCUT2D eigenvalue weighted by Crippen LogP contribution is -2.54. The van der Waals surface area contributed by atoms with Crippen LogP contribution in [0, 0.1) is 0 Å². The molecule has 2 saturated heterocycles. The molecule has 5 heteroatoms. The highest BCUT2D eigenvalue weighted by molar-refractivity contribution is 5.78. The Morgan fingerprint density at radius 1 is 1.11 bits per heavy atom. The molecule has 110 valence electrons. The lowest BCUT2D eigenvalue weighted by molar-refractivity contribution is -0.131. The molecular weight excluding hydrogens is 240 g/mol. The molecule has 0 radical (unpaired) electrons. The Labute approximate surface area is 116 Å². The standard InChI is InChI=1S/C14H28N4O/c1-16-8-9-17(2)13(12-16)10-15-11-14(19)18-6-4-3-5-7-18/h13,15H,3-12H2,1-2H3. The van der Waals surface area contributed by atoms with Crippen LogP contribution in [0.1, 0.15) is 19.3 Å². The van der Waals surface area contributed by atoms with Crippen molar-refractivity contribution in [3.8, 4) is 0 Å². The predicted octanol–water partition coefficient (Wildman–Crippen LogP) is -0.166. The van der Waals surface area contributed by atoms with Gasteiger partial charge >= 0.3 is 0 Å². The minimum Gasteiger partial charge on any atom is -0.342 e. The van der Waals surface area contributed by atoms with Crippen LogP contribution < -0.4 is 5.32 Å². The van der Waals surface area contributed by atoms with Crippen molar-refractivity contribution in [3.63, 3.8) is 0 Å². The van der Waals surface area contributed by atoms with E-state index in [0.717, 1.165) is 39.3 Å². The van der Waals surface area contributed by atoms with Crippen molar-refractivity contribution < 1.29 is 4.79 Å². The summed E-state index contributed by atoms with van der Waals surface area (Å²) in [6, 6.07) is 0.521. The summed E-state index contributed by atoms with van der Waals surface area (Å²) in [5, 5.41) is 3.34. The Hall–Kier alpha value is -0.650. The number of hydrogen-bond donors (Lipinski definition) is 1. The molecule has 5 nitrogen and oxygen atoms in total. The maximum Gasteiger partial charge on any atom is 0.236 e. The summed E-state index contributed by atoms with van der Waals surface area (Å²) in [6.45, 7) is 6.64. The summed E-state index contributed by atoms with van der Waals surface area (Å²) < 4.78 is 0. The Bertz CT molecular complexity index is 291. The number of nitrogens with zero attached hydrogens (tertiary/aromatic N) is 3. The van der Waals surface area contributed by atoms with E-state index in [-0.39, 0.29) is 5.91 Å². The van der Waals surface area contributed by atoms with E-state index in [0.29, 0.717) is 12.6 Å². The fourth-order valence-electron chi connectivity index (χ4n) is 2.92. The van der Waals surface area contributed by atoms with Crippen LogP contribution in [0.4, 0.5) is 0 Å². The van der Waals surface area contributed by atoms with Crippen molar-refractivity contribution in [3.05, 3.63) is 0 Å². The highest BCUT2D eigenvalue weighted by Gasteiger charge is 2.22. The van der Waals surface area contributed by atoms with Gasteiger partial charge in [0.05, 0.1) is 6.54 Å². The normalized spacial score (nSPS) is 26.6. The van der Waals surface area contributed by atoms with Crippen molar-refractivity contribution >= 4 is 5.91 Å². The summed E-state index contributed by atoms with van der Waals surface area (Å²) in [5.74, 6) is 0.270. The van der Waals surface area contributed by atoms with E-state index in [2.05, 4.69) is 29.2 Å². The highest BCUT2D eigenvalue weighted by atomic mass is 16.2. The molecule has 2 aliphatic rings. The predicted molar refractivity (Wildman–Crippen MR) is 77.2 cm³/mol. The molecule has 0 aromatic carbocycles. The Morgan fingerprint density at radius 3 is 2.58 bits per heavy atom. The van der Waals surface area contributed by atoms with Gasteiger partial charge in [0, 0.05) is 45.3 Å². The van der Waals surface area contributed by atoms with Crippen molar-refractivity contribution in [2.75, 3.05) is 59.9 Å². The number of carbonyl (C=O) groups is 1. The summed E-state index contributed by atoms with van der Waals surface area (Å²) >= 11 is 0. The topological polar surface area (TPSA) is 38.8 Å². The molecule has 1 atom stereocenters. The largest absolute Gasteiger partial charge is 0.342 e. The summed E-state index contributed by atoms with van der Waals surface area (Å²) in [7, 11) is 4.34. The van der Waals surface area contributed by atoms with Gasteiger partial charge in [-0.2, -0.15) is 0 Å².